The van der Waals surface area contributed by atoms with Crippen LogP contribution in [-0.4, -0.2) is 34.9 Å². The van der Waals surface area contributed by atoms with Gasteiger partial charge in [-0.05, 0) is 30.7 Å². The number of benzene rings is 2. The molecule has 2 aromatic carbocycles. The number of rotatable bonds is 3. The third-order valence-corrected chi connectivity index (χ3v) is 5.96. The fourth-order valence-corrected chi connectivity index (χ4v) is 4.39. The lowest BCUT2D eigenvalue weighted by atomic mass is 9.92. The third kappa shape index (κ3) is 3.65. The van der Waals surface area contributed by atoms with E-state index < -0.39 is 11.8 Å². The number of aromatic nitrogens is 2. The second-order valence-corrected chi connectivity index (χ2v) is 8.02. The normalized spacial score (nSPS) is 18.4. The molecule has 5 rings (SSSR count). The van der Waals surface area contributed by atoms with E-state index in [-0.39, 0.29) is 29.3 Å². The molecule has 2 aliphatic rings. The van der Waals surface area contributed by atoms with Crippen molar-refractivity contribution in [2.45, 2.75) is 31.6 Å². The molecule has 3 N–H and O–H groups in total. The van der Waals surface area contributed by atoms with E-state index in [0.717, 1.165) is 43.1 Å². The molecule has 1 fully saturated rings. The second-order valence-electron chi connectivity index (χ2n) is 8.02. The lowest BCUT2D eigenvalue weighted by molar-refractivity contribution is -0.123. The molecular weight excluding hydrogens is 394 g/mol. The largest absolute Gasteiger partial charge is 0.342 e. The van der Waals surface area contributed by atoms with Gasteiger partial charge < -0.3 is 15.5 Å². The Morgan fingerprint density at radius 3 is 2.65 bits per heavy atom. The zero-order valence-electron chi connectivity index (χ0n) is 17.0. The number of fused-ring (bicyclic) bond motifs is 2. The van der Waals surface area contributed by atoms with Crippen LogP contribution in [-0.2, 0) is 9.59 Å². The molecule has 8 heteroatoms. The maximum Gasteiger partial charge on any atom is 0.258 e. The van der Waals surface area contributed by atoms with E-state index in [0.29, 0.717) is 11.6 Å². The van der Waals surface area contributed by atoms with Gasteiger partial charge in [-0.2, -0.15) is 4.98 Å². The number of carbonyl (C=O) groups excluding carboxylic acids is 2. The zero-order chi connectivity index (χ0) is 21.4. The summed E-state index contributed by atoms with van der Waals surface area (Å²) in [6, 6.07) is 13.4. The van der Waals surface area contributed by atoms with Crippen LogP contribution in [0.25, 0.3) is 10.8 Å². The predicted octanol–water partition coefficient (Wildman–Crippen LogP) is 2.98. The van der Waals surface area contributed by atoms with Gasteiger partial charge in [0.05, 0.1) is 11.5 Å². The topological polar surface area (TPSA) is 107 Å². The quantitative estimate of drug-likeness (QED) is 0.607. The van der Waals surface area contributed by atoms with Crippen LogP contribution in [0, 0.1) is 0 Å². The number of aromatic amines is 1. The summed E-state index contributed by atoms with van der Waals surface area (Å²) in [5, 5.41) is 7.48. The number of carbonyl (C=O) groups is 2. The summed E-state index contributed by atoms with van der Waals surface area (Å²) in [4.78, 5) is 47.8. The Morgan fingerprint density at radius 2 is 1.81 bits per heavy atom. The Morgan fingerprint density at radius 1 is 1.03 bits per heavy atom. The van der Waals surface area contributed by atoms with Gasteiger partial charge in [0.15, 0.2) is 0 Å². The van der Waals surface area contributed by atoms with E-state index in [1.54, 1.807) is 0 Å². The maximum absolute atomic E-state index is 13.2. The molecule has 3 aromatic rings. The van der Waals surface area contributed by atoms with Crippen molar-refractivity contribution in [3.8, 4) is 0 Å². The summed E-state index contributed by atoms with van der Waals surface area (Å²) in [5.74, 6) is -1.01. The van der Waals surface area contributed by atoms with Gasteiger partial charge in [0.25, 0.3) is 5.56 Å². The number of H-pyrrole nitrogens is 1. The van der Waals surface area contributed by atoms with Gasteiger partial charge in [-0.3, -0.25) is 19.4 Å². The Hall–Kier alpha value is -3.68. The van der Waals surface area contributed by atoms with Gasteiger partial charge in [0.2, 0.25) is 17.8 Å². The van der Waals surface area contributed by atoms with Gasteiger partial charge >= 0.3 is 0 Å². The van der Waals surface area contributed by atoms with Crippen molar-refractivity contribution in [2.24, 2.45) is 0 Å². The van der Waals surface area contributed by atoms with Crippen molar-refractivity contribution in [1.82, 2.24) is 9.97 Å². The highest BCUT2D eigenvalue weighted by Crippen LogP contribution is 2.31. The van der Waals surface area contributed by atoms with Crippen molar-refractivity contribution >= 4 is 40.0 Å². The smallest absolute Gasteiger partial charge is 0.258 e. The molecule has 1 saturated heterocycles. The van der Waals surface area contributed by atoms with Crippen LogP contribution < -0.4 is 21.1 Å². The van der Waals surface area contributed by atoms with E-state index in [2.05, 4.69) is 20.6 Å². The van der Waals surface area contributed by atoms with E-state index in [4.69, 9.17) is 0 Å². The van der Waals surface area contributed by atoms with Crippen molar-refractivity contribution in [1.29, 1.82) is 0 Å². The van der Waals surface area contributed by atoms with Crippen LogP contribution in [0.4, 0.5) is 17.5 Å². The minimum atomic E-state index is -0.908. The summed E-state index contributed by atoms with van der Waals surface area (Å²) in [5.41, 5.74) is 0.465. The monoisotopic (exact) mass is 417 g/mol. The average Bonchev–Trinajstić information content (AvgIpc) is 2.79. The molecule has 158 valence electrons. The summed E-state index contributed by atoms with van der Waals surface area (Å²) in [7, 11) is 0. The first kappa shape index (κ1) is 19.3. The van der Waals surface area contributed by atoms with E-state index >= 15 is 0 Å². The van der Waals surface area contributed by atoms with Crippen molar-refractivity contribution in [3.63, 3.8) is 0 Å². The first-order valence-electron chi connectivity index (χ1n) is 10.6. The molecule has 1 unspecified atom stereocenters. The van der Waals surface area contributed by atoms with Crippen LogP contribution in [0.1, 0.15) is 37.2 Å². The second kappa shape index (κ2) is 7.86. The van der Waals surface area contributed by atoms with Crippen LogP contribution in [0.5, 0.6) is 0 Å². The number of hydrogen-bond donors (Lipinski definition) is 3. The molecule has 2 amide bonds. The third-order valence-electron chi connectivity index (χ3n) is 5.96. The van der Waals surface area contributed by atoms with Crippen molar-refractivity contribution < 1.29 is 9.59 Å². The minimum Gasteiger partial charge on any atom is -0.342 e. The number of anilines is 3. The number of hydrogen-bond acceptors (Lipinski definition) is 5. The van der Waals surface area contributed by atoms with Crippen LogP contribution >= 0.6 is 0 Å². The highest BCUT2D eigenvalue weighted by molar-refractivity contribution is 6.08. The molecule has 0 aliphatic carbocycles. The predicted molar refractivity (Wildman–Crippen MR) is 119 cm³/mol. The maximum atomic E-state index is 13.2. The first-order valence-corrected chi connectivity index (χ1v) is 10.6. The molecule has 2 aliphatic heterocycles. The van der Waals surface area contributed by atoms with Gasteiger partial charge in [-0.1, -0.05) is 36.4 Å². The number of nitrogens with zero attached hydrogens (tertiary/aromatic N) is 2. The van der Waals surface area contributed by atoms with Crippen LogP contribution in [0.3, 0.4) is 0 Å². The molecule has 1 atom stereocenters. The zero-order valence-corrected chi connectivity index (χ0v) is 17.0. The Bertz CT molecular complexity index is 1220. The fourth-order valence-electron chi connectivity index (χ4n) is 4.39. The van der Waals surface area contributed by atoms with E-state index in [1.165, 1.54) is 0 Å². The van der Waals surface area contributed by atoms with E-state index in [1.807, 2.05) is 47.4 Å². The van der Waals surface area contributed by atoms with Gasteiger partial charge in [-0.15, -0.1) is 0 Å². The highest BCUT2D eigenvalue weighted by atomic mass is 16.2. The molecule has 1 aromatic heterocycles. The van der Waals surface area contributed by atoms with Crippen molar-refractivity contribution in [2.75, 3.05) is 28.6 Å². The Kier molecular flexibility index (Phi) is 4.89. The molecule has 3 heterocycles. The summed E-state index contributed by atoms with van der Waals surface area (Å²) >= 11 is 0. The molecule has 8 nitrogen and oxygen atoms in total. The molecule has 31 heavy (non-hydrogen) atoms. The fraction of sp³-hybridized carbons (Fsp3) is 0.304. The Labute approximate surface area is 178 Å². The highest BCUT2D eigenvalue weighted by Gasteiger charge is 2.35. The molecular formula is C23H23N5O3. The molecule has 0 spiro atoms. The Balaban J connectivity index is 1.48. The number of piperidine rings is 1. The molecule has 0 radical (unpaired) electrons. The lowest BCUT2D eigenvalue weighted by Gasteiger charge is -2.29. The SMILES string of the molecule is O=C1CC(C(=O)Nc2cccc3ccccc23)c2c(nc(N3CCCCC3)[nH]c2=O)N1. The minimum absolute atomic E-state index is 0.0998. The lowest BCUT2D eigenvalue weighted by Crippen LogP contribution is -2.38. The number of nitrogens with one attached hydrogen (secondary N) is 3. The summed E-state index contributed by atoms with van der Waals surface area (Å²) in [6.07, 6.45) is 3.11. The summed E-state index contributed by atoms with van der Waals surface area (Å²) < 4.78 is 0. The average molecular weight is 417 g/mol. The first-order chi connectivity index (χ1) is 15.1. The van der Waals surface area contributed by atoms with Gasteiger partial charge in [-0.25, -0.2) is 0 Å². The summed E-state index contributed by atoms with van der Waals surface area (Å²) in [6.45, 7) is 1.61. The molecule has 0 saturated carbocycles. The van der Waals surface area contributed by atoms with Crippen LogP contribution in [0.2, 0.25) is 0 Å². The number of amides is 2. The standard InChI is InChI=1S/C23H23N5O3/c29-18-13-16(21(30)24-17-10-6-8-14-7-2-3-9-15(14)17)19-20(25-18)26-23(27-22(19)31)28-11-4-1-5-12-28/h2-3,6-10,16H,1,4-5,11-13H2,(H,24,30)(H2,25,26,27,29,31). The van der Waals surface area contributed by atoms with E-state index in [9.17, 15) is 14.4 Å². The van der Waals surface area contributed by atoms with Crippen LogP contribution in [0.15, 0.2) is 47.3 Å². The van der Waals surface area contributed by atoms with Crippen molar-refractivity contribution in [3.05, 3.63) is 58.4 Å². The van der Waals surface area contributed by atoms with Gasteiger partial charge in [0.1, 0.15) is 5.82 Å². The molecule has 0 bridgehead atoms. The van der Waals surface area contributed by atoms with Gasteiger partial charge in [0, 0.05) is 30.6 Å².